The molecule has 168 valence electrons. The Morgan fingerprint density at radius 3 is 2.64 bits per heavy atom. The average molecular weight is 481 g/mol. The van der Waals surface area contributed by atoms with E-state index in [-0.39, 0.29) is 18.0 Å². The summed E-state index contributed by atoms with van der Waals surface area (Å²) >= 11 is 5.96. The van der Waals surface area contributed by atoms with Crippen LogP contribution in [0.15, 0.2) is 88.2 Å². The van der Waals surface area contributed by atoms with Gasteiger partial charge in [-0.05, 0) is 60.5 Å². The van der Waals surface area contributed by atoms with Gasteiger partial charge in [-0.1, -0.05) is 48.0 Å². The van der Waals surface area contributed by atoms with Gasteiger partial charge in [0.2, 0.25) is 0 Å². The molecule has 0 amide bonds. The summed E-state index contributed by atoms with van der Waals surface area (Å²) in [6.07, 6.45) is 2.95. The monoisotopic (exact) mass is 480 g/mol. The number of anilines is 1. The van der Waals surface area contributed by atoms with E-state index in [1.807, 2.05) is 37.3 Å². The fourth-order valence-electron chi connectivity index (χ4n) is 3.50. The normalized spacial score (nSPS) is 14.1. The third-order valence-electron chi connectivity index (χ3n) is 5.00. The van der Waals surface area contributed by atoms with Gasteiger partial charge in [-0.2, -0.15) is 8.42 Å². The van der Waals surface area contributed by atoms with Crippen molar-refractivity contribution in [2.45, 2.75) is 11.8 Å². The molecule has 0 fully saturated rings. The second kappa shape index (κ2) is 9.60. The molecule has 0 N–H and O–H groups in total. The Bertz CT molecular complexity index is 1370. The van der Waals surface area contributed by atoms with Gasteiger partial charge < -0.3 is 9.64 Å². The molecule has 0 saturated heterocycles. The van der Waals surface area contributed by atoms with Crippen LogP contribution in [0, 0.1) is 6.92 Å². The molecule has 6 nitrogen and oxygen atoms in total. The average Bonchev–Trinajstić information content (AvgIpc) is 3.06. The highest BCUT2D eigenvalue weighted by Crippen LogP contribution is 2.30. The van der Waals surface area contributed by atoms with E-state index in [0.29, 0.717) is 16.4 Å². The molecule has 0 atom stereocenters. The number of hydrogen-bond donors (Lipinski definition) is 0. The number of benzene rings is 3. The molecular formula is C25H21ClN2O4S. The predicted molar refractivity (Wildman–Crippen MR) is 130 cm³/mol. The van der Waals surface area contributed by atoms with E-state index in [0.717, 1.165) is 16.8 Å². The smallest absolute Gasteiger partial charge is 0.330 e. The maximum atomic E-state index is 12.6. The highest BCUT2D eigenvalue weighted by molar-refractivity contribution is 7.90. The lowest BCUT2D eigenvalue weighted by Gasteiger charge is -2.24. The van der Waals surface area contributed by atoms with E-state index in [1.165, 1.54) is 12.1 Å². The number of carbonyl (C=O) groups excluding carboxylic acids is 1. The minimum absolute atomic E-state index is 0.0356. The molecule has 0 aliphatic carbocycles. The van der Waals surface area contributed by atoms with Crippen molar-refractivity contribution in [1.29, 1.82) is 0 Å². The van der Waals surface area contributed by atoms with Crippen LogP contribution in [0.2, 0.25) is 5.02 Å². The van der Waals surface area contributed by atoms with Crippen molar-refractivity contribution in [1.82, 2.24) is 0 Å². The van der Waals surface area contributed by atoms with Crippen LogP contribution in [0.3, 0.4) is 0 Å². The van der Waals surface area contributed by atoms with Crippen LogP contribution in [0.25, 0.3) is 6.08 Å². The van der Waals surface area contributed by atoms with E-state index in [9.17, 15) is 13.2 Å². The fourth-order valence-corrected chi connectivity index (χ4v) is 4.91. The molecule has 1 aliphatic heterocycles. The first-order valence-corrected chi connectivity index (χ1v) is 12.0. The van der Waals surface area contributed by atoms with Gasteiger partial charge in [0.05, 0.1) is 6.54 Å². The van der Waals surface area contributed by atoms with Crippen molar-refractivity contribution in [2.24, 2.45) is 4.40 Å². The summed E-state index contributed by atoms with van der Waals surface area (Å²) in [7, 11) is -3.79. The number of amidine groups is 1. The third-order valence-corrected chi connectivity index (χ3v) is 6.56. The number of ether oxygens (including phenoxy) is 1. The number of carbonyl (C=O) groups is 1. The molecule has 0 aromatic heterocycles. The van der Waals surface area contributed by atoms with E-state index in [4.69, 9.17) is 16.3 Å². The Morgan fingerprint density at radius 2 is 1.85 bits per heavy atom. The van der Waals surface area contributed by atoms with Crippen LogP contribution < -0.4 is 4.90 Å². The van der Waals surface area contributed by atoms with E-state index in [2.05, 4.69) is 4.40 Å². The highest BCUT2D eigenvalue weighted by atomic mass is 35.5. The van der Waals surface area contributed by atoms with Crippen molar-refractivity contribution in [2.75, 3.05) is 18.1 Å². The number of esters is 1. The summed E-state index contributed by atoms with van der Waals surface area (Å²) in [4.78, 5) is 14.1. The fraction of sp³-hybridized carbons (Fsp3) is 0.120. The molecule has 0 saturated carbocycles. The number of sulfonamides is 1. The number of rotatable bonds is 6. The SMILES string of the molecule is Cc1cccc(N(CCOC(=O)/C=C/c2cccc(Cl)c2)C2=NS(=O)(=O)c3ccccc32)c1. The van der Waals surface area contributed by atoms with Crippen LogP contribution >= 0.6 is 11.6 Å². The largest absolute Gasteiger partial charge is 0.461 e. The number of nitrogens with zero attached hydrogens (tertiary/aromatic N) is 2. The molecule has 0 unspecified atom stereocenters. The lowest BCUT2D eigenvalue weighted by molar-refractivity contribution is -0.137. The zero-order valence-corrected chi connectivity index (χ0v) is 19.4. The molecule has 1 aliphatic rings. The zero-order valence-electron chi connectivity index (χ0n) is 17.8. The van der Waals surface area contributed by atoms with E-state index >= 15 is 0 Å². The molecule has 0 bridgehead atoms. The molecule has 0 radical (unpaired) electrons. The molecule has 3 aromatic carbocycles. The lowest BCUT2D eigenvalue weighted by Crippen LogP contribution is -2.34. The summed E-state index contributed by atoms with van der Waals surface area (Å²) in [5.41, 5.74) is 3.06. The molecule has 1 heterocycles. The Morgan fingerprint density at radius 1 is 1.06 bits per heavy atom. The maximum Gasteiger partial charge on any atom is 0.330 e. The first-order chi connectivity index (χ1) is 15.8. The van der Waals surface area contributed by atoms with Gasteiger partial charge >= 0.3 is 5.97 Å². The summed E-state index contributed by atoms with van der Waals surface area (Å²) in [6.45, 7) is 2.21. The third kappa shape index (κ3) is 5.32. The Labute approximate surface area is 197 Å². The second-order valence-corrected chi connectivity index (χ2v) is 9.44. The quantitative estimate of drug-likeness (QED) is 0.372. The van der Waals surface area contributed by atoms with E-state index < -0.39 is 16.0 Å². The van der Waals surface area contributed by atoms with Gasteiger partial charge in [-0.15, -0.1) is 4.40 Å². The van der Waals surface area contributed by atoms with Crippen molar-refractivity contribution < 1.29 is 17.9 Å². The van der Waals surface area contributed by atoms with Crippen molar-refractivity contribution in [3.05, 3.63) is 101 Å². The van der Waals surface area contributed by atoms with Crippen LogP contribution in [0.1, 0.15) is 16.7 Å². The summed E-state index contributed by atoms with van der Waals surface area (Å²) < 4.78 is 34.5. The number of halogens is 1. The molecular weight excluding hydrogens is 460 g/mol. The molecule has 8 heteroatoms. The van der Waals surface area contributed by atoms with Crippen molar-refractivity contribution >= 4 is 45.2 Å². The minimum atomic E-state index is -3.79. The maximum absolute atomic E-state index is 12.6. The summed E-state index contributed by atoms with van der Waals surface area (Å²) in [5.74, 6) is -0.206. The first-order valence-electron chi connectivity index (χ1n) is 10.2. The van der Waals surface area contributed by atoms with Crippen LogP contribution in [-0.2, 0) is 19.6 Å². The topological polar surface area (TPSA) is 76.0 Å². The van der Waals surface area contributed by atoms with Gasteiger partial charge in [0.15, 0.2) is 5.84 Å². The second-order valence-electron chi connectivity index (χ2n) is 7.43. The lowest BCUT2D eigenvalue weighted by atomic mass is 10.1. The van der Waals surface area contributed by atoms with Gasteiger partial charge in [0.1, 0.15) is 11.5 Å². The minimum Gasteiger partial charge on any atom is -0.461 e. The highest BCUT2D eigenvalue weighted by Gasteiger charge is 2.32. The summed E-state index contributed by atoms with van der Waals surface area (Å²) in [5, 5.41) is 0.576. The number of hydrogen-bond acceptors (Lipinski definition) is 5. The standard InChI is InChI=1S/C25H21ClN2O4S/c1-18-6-4-9-21(16-18)28(25-22-10-2-3-11-23(22)33(30,31)27-25)14-15-32-24(29)13-12-19-7-5-8-20(26)17-19/h2-13,16-17H,14-15H2,1H3/b13-12+. The van der Waals surface area contributed by atoms with Gasteiger partial charge in [-0.3, -0.25) is 0 Å². The molecule has 3 aromatic rings. The molecule has 4 rings (SSSR count). The van der Waals surface area contributed by atoms with Crippen LogP contribution in [-0.4, -0.2) is 33.4 Å². The Hall–Kier alpha value is -3.42. The predicted octanol–water partition coefficient (Wildman–Crippen LogP) is 4.86. The van der Waals surface area contributed by atoms with Gasteiger partial charge in [-0.25, -0.2) is 4.79 Å². The molecule has 0 spiro atoms. The van der Waals surface area contributed by atoms with Crippen molar-refractivity contribution in [3.63, 3.8) is 0 Å². The van der Waals surface area contributed by atoms with Crippen LogP contribution in [0.5, 0.6) is 0 Å². The van der Waals surface area contributed by atoms with Crippen LogP contribution in [0.4, 0.5) is 5.69 Å². The molecule has 33 heavy (non-hydrogen) atoms. The number of aryl methyl sites for hydroxylation is 1. The number of fused-ring (bicyclic) bond motifs is 1. The Balaban J connectivity index is 1.53. The van der Waals surface area contributed by atoms with Gasteiger partial charge in [0, 0.05) is 22.3 Å². The Kier molecular flexibility index (Phi) is 6.62. The zero-order chi connectivity index (χ0) is 23.4. The van der Waals surface area contributed by atoms with E-state index in [1.54, 1.807) is 47.4 Å². The van der Waals surface area contributed by atoms with Gasteiger partial charge in [0.25, 0.3) is 10.0 Å². The van der Waals surface area contributed by atoms with Crippen molar-refractivity contribution in [3.8, 4) is 0 Å². The summed E-state index contributed by atoms with van der Waals surface area (Å²) in [6, 6.07) is 21.4. The first kappa shape index (κ1) is 22.8.